The highest BCUT2D eigenvalue weighted by Crippen LogP contribution is 2.18. The minimum absolute atomic E-state index is 0.152. The third-order valence-corrected chi connectivity index (χ3v) is 3.57. The van der Waals surface area contributed by atoms with Gasteiger partial charge in [-0.3, -0.25) is 4.79 Å². The molecule has 0 aromatic carbocycles. The number of carboxylic acids is 1. The number of nitrogens with one attached hydrogen (secondary N) is 1. The van der Waals surface area contributed by atoms with Gasteiger partial charge in [-0.05, 0) is 31.7 Å². The van der Waals surface area contributed by atoms with Crippen molar-refractivity contribution in [3.63, 3.8) is 0 Å². The molecule has 2 rings (SSSR count). The van der Waals surface area contributed by atoms with Crippen LogP contribution < -0.4 is 5.32 Å². The number of hydrogen-bond acceptors (Lipinski definition) is 5. The second-order valence-corrected chi connectivity index (χ2v) is 6.15. The smallest absolute Gasteiger partial charge is 0.335 e. The number of carboxylic acid groups (broad SMARTS) is 1. The van der Waals surface area contributed by atoms with E-state index in [9.17, 15) is 9.59 Å². The predicted molar refractivity (Wildman–Crippen MR) is 90.8 cm³/mol. The maximum Gasteiger partial charge on any atom is 0.335 e. The van der Waals surface area contributed by atoms with E-state index < -0.39 is 17.7 Å². The Morgan fingerprint density at radius 2 is 2.22 bits per heavy atom. The van der Waals surface area contributed by atoms with Gasteiger partial charge >= 0.3 is 5.97 Å². The van der Waals surface area contributed by atoms with Crippen LogP contribution in [0.5, 0.6) is 0 Å². The molecule has 1 saturated heterocycles. The van der Waals surface area contributed by atoms with E-state index in [1.54, 1.807) is 11.3 Å². The summed E-state index contributed by atoms with van der Waals surface area (Å²) in [5.74, 6) is -0.960. The zero-order chi connectivity index (χ0) is 17.7. The highest BCUT2D eigenvalue weighted by atomic mass is 32.1. The number of aliphatic carboxylic acids is 1. The molecule has 1 fully saturated rings. The second-order valence-electron chi connectivity index (χ2n) is 5.12. The van der Waals surface area contributed by atoms with Crippen LogP contribution in [0.2, 0.25) is 0 Å². The van der Waals surface area contributed by atoms with E-state index in [1.165, 1.54) is 4.88 Å². The molecule has 7 heteroatoms. The van der Waals surface area contributed by atoms with Crippen LogP contribution in [0.25, 0.3) is 0 Å². The van der Waals surface area contributed by atoms with Gasteiger partial charge in [0.1, 0.15) is 0 Å². The Balaban J connectivity index is 0.000000381. The van der Waals surface area contributed by atoms with E-state index >= 15 is 0 Å². The fourth-order valence-corrected chi connectivity index (χ4v) is 2.40. The number of amides is 1. The molecule has 1 atom stereocenters. The normalized spacial score (nSPS) is 18.5. The van der Waals surface area contributed by atoms with Crippen molar-refractivity contribution in [3.05, 3.63) is 22.4 Å². The quantitative estimate of drug-likeness (QED) is 0.632. The maximum atomic E-state index is 10.4. The summed E-state index contributed by atoms with van der Waals surface area (Å²) in [6, 6.07) is 4.08. The minimum Gasteiger partial charge on any atom is -0.479 e. The summed E-state index contributed by atoms with van der Waals surface area (Å²) in [6.45, 7) is 8.96. The molecular formula is C16H27NO5S. The van der Waals surface area contributed by atoms with Gasteiger partial charge in [0.05, 0.1) is 18.8 Å². The standard InChI is InChI=1S/C7H9NOS.C7H12O4.C2H6/c9-6-8-4-3-7-2-1-5-10-7;1-7(2)4-10-3-5(11-7)6(8)9;1-2/h1-2,5-6H,3-4H2,(H,8,9);5H,3-4H2,1-2H3,(H,8,9);1-2H3/t;5-;/m.1./s1. The van der Waals surface area contributed by atoms with E-state index in [1.807, 2.05) is 39.1 Å². The van der Waals surface area contributed by atoms with Crippen LogP contribution in [0.1, 0.15) is 32.6 Å². The molecule has 1 aromatic rings. The van der Waals surface area contributed by atoms with Gasteiger partial charge in [0.25, 0.3) is 0 Å². The molecule has 1 aliphatic heterocycles. The van der Waals surface area contributed by atoms with Crippen LogP contribution in [-0.4, -0.2) is 48.9 Å². The lowest BCUT2D eigenvalue weighted by Crippen LogP contribution is -2.46. The zero-order valence-corrected chi connectivity index (χ0v) is 15.0. The molecule has 0 radical (unpaired) electrons. The average molecular weight is 345 g/mol. The Bertz CT molecular complexity index is 434. The lowest BCUT2D eigenvalue weighted by Gasteiger charge is -2.33. The number of carbonyl (C=O) groups is 2. The monoisotopic (exact) mass is 345 g/mol. The summed E-state index contributed by atoms with van der Waals surface area (Å²) >= 11 is 1.72. The molecule has 0 saturated carbocycles. The zero-order valence-electron chi connectivity index (χ0n) is 14.2. The molecule has 0 aliphatic carbocycles. The fraction of sp³-hybridized carbons (Fsp3) is 0.625. The lowest BCUT2D eigenvalue weighted by molar-refractivity contribution is -0.200. The fourth-order valence-electron chi connectivity index (χ4n) is 1.70. The van der Waals surface area contributed by atoms with E-state index in [2.05, 4.69) is 11.4 Å². The summed E-state index contributed by atoms with van der Waals surface area (Å²) in [6.07, 6.45) is 0.864. The molecule has 23 heavy (non-hydrogen) atoms. The SMILES string of the molecule is CC.CC1(C)COC[C@H](C(=O)O)O1.O=CNCCc1cccs1. The van der Waals surface area contributed by atoms with Crippen LogP contribution in [0, 0.1) is 0 Å². The topological polar surface area (TPSA) is 84.9 Å². The van der Waals surface area contributed by atoms with Crippen molar-refractivity contribution in [2.75, 3.05) is 19.8 Å². The summed E-state index contributed by atoms with van der Waals surface area (Å²) in [5.41, 5.74) is -0.471. The van der Waals surface area contributed by atoms with Crippen molar-refractivity contribution in [2.45, 2.75) is 45.8 Å². The first kappa shape index (κ1) is 21.6. The van der Waals surface area contributed by atoms with Crippen molar-refractivity contribution in [1.29, 1.82) is 0 Å². The molecule has 0 unspecified atom stereocenters. The van der Waals surface area contributed by atoms with Crippen molar-refractivity contribution in [2.24, 2.45) is 0 Å². The van der Waals surface area contributed by atoms with Crippen LogP contribution in [0.15, 0.2) is 17.5 Å². The summed E-state index contributed by atoms with van der Waals surface area (Å²) in [4.78, 5) is 21.6. The second kappa shape index (κ2) is 12.0. The van der Waals surface area contributed by atoms with Crippen LogP contribution >= 0.6 is 11.3 Å². The molecule has 6 nitrogen and oxygen atoms in total. The highest BCUT2D eigenvalue weighted by Gasteiger charge is 2.33. The first-order valence-corrected chi connectivity index (χ1v) is 8.50. The lowest BCUT2D eigenvalue weighted by atomic mass is 10.1. The van der Waals surface area contributed by atoms with Gasteiger partial charge in [-0.25, -0.2) is 4.79 Å². The van der Waals surface area contributed by atoms with Gasteiger partial charge in [0, 0.05) is 11.4 Å². The van der Waals surface area contributed by atoms with E-state index in [0.29, 0.717) is 6.61 Å². The molecule has 1 aliphatic rings. The minimum atomic E-state index is -0.960. The first-order valence-electron chi connectivity index (χ1n) is 7.62. The Hall–Kier alpha value is -1.44. The summed E-state index contributed by atoms with van der Waals surface area (Å²) in [7, 11) is 0. The van der Waals surface area contributed by atoms with Gasteiger partial charge in [0.2, 0.25) is 6.41 Å². The van der Waals surface area contributed by atoms with Crippen molar-refractivity contribution < 1.29 is 24.2 Å². The van der Waals surface area contributed by atoms with E-state index in [0.717, 1.165) is 19.4 Å². The van der Waals surface area contributed by atoms with Gasteiger partial charge in [-0.15, -0.1) is 11.3 Å². The molecular weight excluding hydrogens is 318 g/mol. The molecule has 2 heterocycles. The number of hydrogen-bond donors (Lipinski definition) is 2. The molecule has 0 bridgehead atoms. The molecule has 2 N–H and O–H groups in total. The largest absolute Gasteiger partial charge is 0.479 e. The molecule has 132 valence electrons. The van der Waals surface area contributed by atoms with Gasteiger partial charge in [-0.2, -0.15) is 0 Å². The van der Waals surface area contributed by atoms with E-state index in [-0.39, 0.29) is 6.61 Å². The van der Waals surface area contributed by atoms with Crippen LogP contribution in [0.3, 0.4) is 0 Å². The Kier molecular flexibility index (Phi) is 11.3. The van der Waals surface area contributed by atoms with E-state index in [4.69, 9.17) is 14.6 Å². The third-order valence-electron chi connectivity index (χ3n) is 2.63. The predicted octanol–water partition coefficient (Wildman–Crippen LogP) is 2.33. The van der Waals surface area contributed by atoms with Crippen LogP contribution in [-0.2, 0) is 25.5 Å². The number of thiophene rings is 1. The van der Waals surface area contributed by atoms with Crippen molar-refractivity contribution in [1.82, 2.24) is 5.32 Å². The molecule has 1 amide bonds. The Morgan fingerprint density at radius 1 is 1.52 bits per heavy atom. The van der Waals surface area contributed by atoms with Gasteiger partial charge in [-0.1, -0.05) is 19.9 Å². The van der Waals surface area contributed by atoms with Gasteiger partial charge < -0.3 is 19.9 Å². The number of ether oxygens (including phenoxy) is 2. The molecule has 0 spiro atoms. The molecule has 1 aromatic heterocycles. The van der Waals surface area contributed by atoms with Gasteiger partial charge in [0.15, 0.2) is 6.10 Å². The summed E-state index contributed by atoms with van der Waals surface area (Å²) in [5, 5.41) is 13.2. The Labute approximate surface area is 141 Å². The van der Waals surface area contributed by atoms with Crippen LogP contribution in [0.4, 0.5) is 0 Å². The van der Waals surface area contributed by atoms with Crippen molar-refractivity contribution >= 4 is 23.7 Å². The highest BCUT2D eigenvalue weighted by molar-refractivity contribution is 7.09. The summed E-state index contributed by atoms with van der Waals surface area (Å²) < 4.78 is 10.3. The Morgan fingerprint density at radius 3 is 2.65 bits per heavy atom. The third kappa shape index (κ3) is 10.0. The first-order chi connectivity index (χ1) is 10.9. The number of rotatable bonds is 5. The van der Waals surface area contributed by atoms with Crippen molar-refractivity contribution in [3.8, 4) is 0 Å². The number of carbonyl (C=O) groups excluding carboxylic acids is 1. The maximum absolute atomic E-state index is 10.4. The average Bonchev–Trinajstić information content (AvgIpc) is 3.02.